The normalized spacial score (nSPS) is 35.3. The fourth-order valence-electron chi connectivity index (χ4n) is 5.60. The molecule has 1 aromatic carbocycles. The van der Waals surface area contributed by atoms with Crippen LogP contribution in [0.5, 0.6) is 0 Å². The molecule has 2 aliphatic rings. The summed E-state index contributed by atoms with van der Waals surface area (Å²) in [4.78, 5) is 12.7. The number of esters is 1. The third-order valence-electron chi connectivity index (χ3n) is 7.71. The van der Waals surface area contributed by atoms with Gasteiger partial charge in [-0.05, 0) is 66.0 Å². The van der Waals surface area contributed by atoms with E-state index in [9.17, 15) is 4.79 Å². The lowest BCUT2D eigenvalue weighted by molar-refractivity contribution is -0.172. The Morgan fingerprint density at radius 2 is 1.83 bits per heavy atom. The van der Waals surface area contributed by atoms with E-state index in [-0.39, 0.29) is 16.8 Å². The molecule has 0 saturated heterocycles. The average Bonchev–Trinajstić information content (AvgIpc) is 2.56. The Hall–Kier alpha value is -1.31. The molecule has 0 aliphatic heterocycles. The highest BCUT2D eigenvalue weighted by molar-refractivity contribution is 5.78. The van der Waals surface area contributed by atoms with Gasteiger partial charge in [-0.25, -0.2) is 0 Å². The predicted octanol–water partition coefficient (Wildman–Crippen LogP) is 5.38. The fourth-order valence-corrected chi connectivity index (χ4v) is 5.60. The number of carbonyl (C=O) groups excluding carboxylic acids is 1. The van der Waals surface area contributed by atoms with Crippen LogP contribution < -0.4 is 0 Å². The van der Waals surface area contributed by atoms with E-state index in [2.05, 4.69) is 52.8 Å². The Morgan fingerprint density at radius 1 is 1.12 bits per heavy atom. The van der Waals surface area contributed by atoms with Crippen LogP contribution in [0.3, 0.4) is 0 Å². The second-order valence-electron chi connectivity index (χ2n) is 8.91. The number of methoxy groups -OCH3 is 1. The first-order valence-electron chi connectivity index (χ1n) is 9.41. The molecule has 1 fully saturated rings. The molecule has 132 valence electrons. The number of carbonyl (C=O) groups is 1. The van der Waals surface area contributed by atoms with Crippen LogP contribution in [-0.2, 0) is 21.4 Å². The first-order valence-corrected chi connectivity index (χ1v) is 9.41. The van der Waals surface area contributed by atoms with Crippen LogP contribution in [0, 0.1) is 10.8 Å². The van der Waals surface area contributed by atoms with Crippen molar-refractivity contribution in [1.82, 2.24) is 0 Å². The number of hydrogen-bond acceptors (Lipinski definition) is 2. The summed E-state index contributed by atoms with van der Waals surface area (Å²) in [7, 11) is 1.54. The van der Waals surface area contributed by atoms with Crippen molar-refractivity contribution in [3.63, 3.8) is 0 Å². The fraction of sp³-hybridized carbons (Fsp3) is 0.682. The topological polar surface area (TPSA) is 26.3 Å². The minimum Gasteiger partial charge on any atom is -0.469 e. The number of rotatable bonds is 2. The Bertz CT molecular complexity index is 662. The number of hydrogen-bond donors (Lipinski definition) is 0. The minimum absolute atomic E-state index is 0.0295. The van der Waals surface area contributed by atoms with Crippen molar-refractivity contribution in [3.05, 3.63) is 34.9 Å². The molecule has 0 spiro atoms. The molecule has 1 aromatic rings. The Morgan fingerprint density at radius 3 is 2.46 bits per heavy atom. The molecular formula is C22H32O2. The lowest BCUT2D eigenvalue weighted by atomic mass is 9.41. The molecule has 0 N–H and O–H groups in total. The van der Waals surface area contributed by atoms with E-state index >= 15 is 0 Å². The van der Waals surface area contributed by atoms with Crippen molar-refractivity contribution < 1.29 is 9.53 Å². The average molecular weight is 328 g/mol. The molecule has 0 radical (unpaired) electrons. The van der Waals surface area contributed by atoms with Gasteiger partial charge in [0.15, 0.2) is 0 Å². The highest BCUT2D eigenvalue weighted by Crippen LogP contribution is 2.65. The van der Waals surface area contributed by atoms with Gasteiger partial charge < -0.3 is 4.74 Å². The molecular weight excluding hydrogens is 296 g/mol. The van der Waals surface area contributed by atoms with Crippen LogP contribution in [0.2, 0.25) is 0 Å². The van der Waals surface area contributed by atoms with Gasteiger partial charge in [0.25, 0.3) is 0 Å². The zero-order valence-electron chi connectivity index (χ0n) is 16.2. The van der Waals surface area contributed by atoms with Gasteiger partial charge in [0.2, 0.25) is 0 Å². The largest absolute Gasteiger partial charge is 0.469 e. The van der Waals surface area contributed by atoms with Crippen LogP contribution in [0.1, 0.15) is 82.9 Å². The van der Waals surface area contributed by atoms with Crippen LogP contribution in [0.4, 0.5) is 0 Å². The van der Waals surface area contributed by atoms with Crippen molar-refractivity contribution in [2.45, 2.75) is 78.1 Å². The van der Waals surface area contributed by atoms with E-state index in [0.29, 0.717) is 5.92 Å². The van der Waals surface area contributed by atoms with E-state index in [1.54, 1.807) is 0 Å². The first-order chi connectivity index (χ1) is 11.2. The molecule has 2 heteroatoms. The van der Waals surface area contributed by atoms with Gasteiger partial charge in [-0.15, -0.1) is 0 Å². The summed E-state index contributed by atoms with van der Waals surface area (Å²) in [6, 6.07) is 7.06. The zero-order chi connectivity index (χ0) is 17.8. The third-order valence-corrected chi connectivity index (χ3v) is 7.71. The van der Waals surface area contributed by atoms with Gasteiger partial charge in [0, 0.05) is 0 Å². The summed E-state index contributed by atoms with van der Waals surface area (Å²) in [5.41, 5.74) is 3.97. The van der Waals surface area contributed by atoms with Gasteiger partial charge in [-0.1, -0.05) is 52.3 Å². The number of ether oxygens (including phenoxy) is 1. The highest BCUT2D eigenvalue weighted by atomic mass is 16.5. The van der Waals surface area contributed by atoms with Crippen molar-refractivity contribution in [2.24, 2.45) is 10.8 Å². The molecule has 3 atom stereocenters. The number of benzene rings is 1. The summed E-state index contributed by atoms with van der Waals surface area (Å²) in [5, 5.41) is 0. The maximum Gasteiger partial charge on any atom is 0.312 e. The summed E-state index contributed by atoms with van der Waals surface area (Å²) in [6.45, 7) is 11.4. The molecule has 0 bridgehead atoms. The lowest BCUT2D eigenvalue weighted by Gasteiger charge is -2.61. The first kappa shape index (κ1) is 17.5. The second kappa shape index (κ2) is 5.61. The van der Waals surface area contributed by atoms with Crippen molar-refractivity contribution >= 4 is 5.97 Å². The van der Waals surface area contributed by atoms with Gasteiger partial charge in [-0.2, -0.15) is 0 Å². The zero-order valence-corrected chi connectivity index (χ0v) is 16.2. The monoisotopic (exact) mass is 328 g/mol. The van der Waals surface area contributed by atoms with E-state index in [4.69, 9.17) is 4.74 Å². The Kier molecular flexibility index (Phi) is 4.09. The predicted molar refractivity (Wildman–Crippen MR) is 98.3 cm³/mol. The van der Waals surface area contributed by atoms with E-state index < -0.39 is 5.41 Å². The second-order valence-corrected chi connectivity index (χ2v) is 8.91. The molecule has 2 nitrogen and oxygen atoms in total. The molecule has 0 heterocycles. The molecule has 3 rings (SSSR count). The summed E-state index contributed by atoms with van der Waals surface area (Å²) in [6.07, 6.45) is 5.30. The highest BCUT2D eigenvalue weighted by Gasteiger charge is 2.63. The molecule has 0 aromatic heterocycles. The molecule has 1 saturated carbocycles. The molecule has 0 amide bonds. The smallest absolute Gasteiger partial charge is 0.312 e. The maximum absolute atomic E-state index is 12.7. The number of fused-ring (bicyclic) bond motifs is 3. The van der Waals surface area contributed by atoms with E-state index in [0.717, 1.165) is 32.1 Å². The van der Waals surface area contributed by atoms with Crippen LogP contribution in [-0.4, -0.2) is 13.1 Å². The van der Waals surface area contributed by atoms with E-state index in [1.807, 2.05) is 0 Å². The molecule has 2 aliphatic carbocycles. The van der Waals surface area contributed by atoms with Gasteiger partial charge >= 0.3 is 5.97 Å². The summed E-state index contributed by atoms with van der Waals surface area (Å²) in [5.74, 6) is 0.529. The quantitative estimate of drug-likeness (QED) is 0.681. The summed E-state index contributed by atoms with van der Waals surface area (Å²) < 4.78 is 5.25. The van der Waals surface area contributed by atoms with Crippen molar-refractivity contribution in [3.8, 4) is 0 Å². The lowest BCUT2D eigenvalue weighted by Crippen LogP contribution is -2.60. The standard InChI is InChI=1S/C22H32O2/c1-15(2)16-8-9-18-17(14-16)10-13-22(5)20(18,3)11-7-12-21(22,4)19(23)24-6/h8-9,14-15H,7,10-13H2,1-6H3/t20-,21+,22+/m1/s1. The Balaban J connectivity index is 2.14. The van der Waals surface area contributed by atoms with Gasteiger partial charge in [-0.3, -0.25) is 4.79 Å². The maximum atomic E-state index is 12.7. The van der Waals surface area contributed by atoms with E-state index in [1.165, 1.54) is 23.8 Å². The minimum atomic E-state index is -0.400. The Labute approximate surface area is 147 Å². The van der Waals surface area contributed by atoms with Crippen LogP contribution >= 0.6 is 0 Å². The molecule has 24 heavy (non-hydrogen) atoms. The molecule has 0 unspecified atom stereocenters. The summed E-state index contributed by atoms with van der Waals surface area (Å²) >= 11 is 0. The van der Waals surface area contributed by atoms with Gasteiger partial charge in [0.1, 0.15) is 0 Å². The van der Waals surface area contributed by atoms with Crippen molar-refractivity contribution in [2.75, 3.05) is 7.11 Å². The third kappa shape index (κ3) is 2.11. The van der Waals surface area contributed by atoms with Crippen LogP contribution in [0.25, 0.3) is 0 Å². The van der Waals surface area contributed by atoms with Gasteiger partial charge in [0.05, 0.1) is 12.5 Å². The number of aryl methyl sites for hydroxylation is 1. The SMILES string of the molecule is COC(=O)[C@]1(C)CCC[C@]2(C)c3ccc(C(C)C)cc3CC[C@]12C. The van der Waals surface area contributed by atoms with Crippen LogP contribution in [0.15, 0.2) is 18.2 Å². The van der Waals surface area contributed by atoms with Crippen molar-refractivity contribution in [1.29, 1.82) is 0 Å².